The molecule has 3 rings (SSSR count). The summed E-state index contributed by atoms with van der Waals surface area (Å²) in [6.45, 7) is 0.324. The van der Waals surface area contributed by atoms with Gasteiger partial charge >= 0.3 is 0 Å². The number of hydrogen-bond acceptors (Lipinski definition) is 5. The fraction of sp³-hybridized carbons (Fsp3) is 0.0870. The largest absolute Gasteiger partial charge is 0.493 e. The number of amides is 1. The number of anilines is 1. The van der Waals surface area contributed by atoms with Gasteiger partial charge in [-0.25, -0.2) is 0 Å². The Kier molecular flexibility index (Phi) is 6.73. The zero-order valence-electron chi connectivity index (χ0n) is 15.9. The second-order valence-corrected chi connectivity index (χ2v) is 6.05. The summed E-state index contributed by atoms with van der Waals surface area (Å²) >= 11 is 0. The number of nitrogens with zero attached hydrogens (tertiary/aromatic N) is 1. The fourth-order valence-electron chi connectivity index (χ4n) is 2.60. The molecule has 0 saturated heterocycles. The molecule has 0 bridgehead atoms. The molecule has 0 aliphatic rings. The zero-order valence-corrected chi connectivity index (χ0v) is 15.9. The van der Waals surface area contributed by atoms with Crippen LogP contribution in [0.4, 0.5) is 5.69 Å². The summed E-state index contributed by atoms with van der Waals surface area (Å²) in [7, 11) is 1.56. The maximum absolute atomic E-state index is 12.2. The summed E-state index contributed by atoms with van der Waals surface area (Å²) in [5.41, 5.74) is 2.47. The van der Waals surface area contributed by atoms with Gasteiger partial charge in [0, 0.05) is 17.8 Å². The molecule has 0 saturated carbocycles. The maximum Gasteiger partial charge on any atom is 0.248 e. The predicted octanol–water partition coefficient (Wildman–Crippen LogP) is 4.13. The molecular weight excluding hydrogens is 368 g/mol. The molecular formula is C23H20N2O4. The lowest BCUT2D eigenvalue weighted by Crippen LogP contribution is -2.09. The molecule has 6 heteroatoms. The highest BCUT2D eigenvalue weighted by atomic mass is 16.5. The molecule has 0 unspecified atom stereocenters. The average Bonchev–Trinajstić information content (AvgIpc) is 2.77. The van der Waals surface area contributed by atoms with E-state index in [1.54, 1.807) is 55.8 Å². The van der Waals surface area contributed by atoms with Gasteiger partial charge in [0.1, 0.15) is 6.61 Å². The highest BCUT2D eigenvalue weighted by Crippen LogP contribution is 2.29. The van der Waals surface area contributed by atoms with Crippen LogP contribution in [0.5, 0.6) is 11.5 Å². The van der Waals surface area contributed by atoms with Gasteiger partial charge in [0.25, 0.3) is 0 Å². The van der Waals surface area contributed by atoms with Gasteiger partial charge in [-0.05, 0) is 48.0 Å². The first-order valence-corrected chi connectivity index (χ1v) is 8.93. The van der Waals surface area contributed by atoms with Crippen LogP contribution in [-0.4, -0.2) is 24.3 Å². The number of benzene rings is 2. The molecule has 0 spiro atoms. The third kappa shape index (κ3) is 5.52. The van der Waals surface area contributed by atoms with E-state index in [9.17, 15) is 9.59 Å². The van der Waals surface area contributed by atoms with Gasteiger partial charge < -0.3 is 14.8 Å². The average molecular weight is 388 g/mol. The number of hydrogen-bond donors (Lipinski definition) is 1. The highest BCUT2D eigenvalue weighted by Gasteiger charge is 2.07. The number of carbonyl (C=O) groups is 2. The SMILES string of the molecule is COc1cc(/C=C/C(=O)Nc2ccccc2C=O)ccc1OCc1ccccn1. The van der Waals surface area contributed by atoms with Crippen molar-refractivity contribution in [3.63, 3.8) is 0 Å². The van der Waals surface area contributed by atoms with Crippen LogP contribution < -0.4 is 14.8 Å². The molecule has 6 nitrogen and oxygen atoms in total. The number of para-hydroxylation sites is 1. The molecule has 1 N–H and O–H groups in total. The number of methoxy groups -OCH3 is 1. The summed E-state index contributed by atoms with van der Waals surface area (Å²) in [5, 5.41) is 2.69. The van der Waals surface area contributed by atoms with E-state index in [0.29, 0.717) is 35.6 Å². The van der Waals surface area contributed by atoms with Crippen molar-refractivity contribution in [2.45, 2.75) is 6.61 Å². The molecule has 2 aromatic carbocycles. The first kappa shape index (κ1) is 19.8. The van der Waals surface area contributed by atoms with Crippen LogP contribution in [-0.2, 0) is 11.4 Å². The van der Waals surface area contributed by atoms with Crippen LogP contribution >= 0.6 is 0 Å². The van der Waals surface area contributed by atoms with Crippen molar-refractivity contribution in [3.05, 3.63) is 89.8 Å². The number of pyridine rings is 1. The van der Waals surface area contributed by atoms with Crippen molar-refractivity contribution in [2.24, 2.45) is 0 Å². The summed E-state index contributed by atoms with van der Waals surface area (Å²) in [6, 6.07) is 17.8. The number of aromatic nitrogens is 1. The normalized spacial score (nSPS) is 10.5. The molecule has 29 heavy (non-hydrogen) atoms. The first-order chi connectivity index (χ1) is 14.2. The Labute approximate surface area is 168 Å². The van der Waals surface area contributed by atoms with Crippen molar-refractivity contribution in [2.75, 3.05) is 12.4 Å². The Morgan fingerprint density at radius 3 is 2.66 bits per heavy atom. The fourth-order valence-corrected chi connectivity index (χ4v) is 2.60. The Hall–Kier alpha value is -3.93. The quantitative estimate of drug-likeness (QED) is 0.464. The topological polar surface area (TPSA) is 77.5 Å². The molecule has 3 aromatic rings. The number of rotatable bonds is 8. The van der Waals surface area contributed by atoms with E-state index in [2.05, 4.69) is 10.3 Å². The molecule has 1 amide bonds. The van der Waals surface area contributed by atoms with Crippen molar-refractivity contribution in [1.82, 2.24) is 4.98 Å². The van der Waals surface area contributed by atoms with Gasteiger partial charge in [-0.1, -0.05) is 24.3 Å². The third-order valence-corrected chi connectivity index (χ3v) is 4.06. The van der Waals surface area contributed by atoms with E-state index in [-0.39, 0.29) is 5.91 Å². The lowest BCUT2D eigenvalue weighted by Gasteiger charge is -2.11. The van der Waals surface area contributed by atoms with Gasteiger partial charge in [-0.3, -0.25) is 14.6 Å². The highest BCUT2D eigenvalue weighted by molar-refractivity contribution is 6.04. The standard InChI is InChI=1S/C23H20N2O4/c1-28-22-14-17(9-11-21(22)29-16-19-7-4-5-13-24-19)10-12-23(27)25-20-8-3-2-6-18(20)15-26/h2-15H,16H2,1H3,(H,25,27)/b12-10+. The van der Waals surface area contributed by atoms with E-state index < -0.39 is 0 Å². The molecule has 0 atom stereocenters. The van der Waals surface area contributed by atoms with Crippen LogP contribution in [0.15, 0.2) is 72.9 Å². The molecule has 146 valence electrons. The minimum atomic E-state index is -0.339. The monoisotopic (exact) mass is 388 g/mol. The first-order valence-electron chi connectivity index (χ1n) is 8.93. The summed E-state index contributed by atoms with van der Waals surface area (Å²) in [6.07, 6.45) is 5.46. The lowest BCUT2D eigenvalue weighted by molar-refractivity contribution is -0.111. The molecule has 1 aromatic heterocycles. The van der Waals surface area contributed by atoms with E-state index in [4.69, 9.17) is 9.47 Å². The molecule has 0 radical (unpaired) electrons. The van der Waals surface area contributed by atoms with Crippen LogP contribution in [0.2, 0.25) is 0 Å². The van der Waals surface area contributed by atoms with E-state index in [1.165, 1.54) is 6.08 Å². The van der Waals surface area contributed by atoms with Gasteiger partial charge in [0.2, 0.25) is 5.91 Å². The predicted molar refractivity (Wildman–Crippen MR) is 111 cm³/mol. The zero-order chi connectivity index (χ0) is 20.5. The Morgan fingerprint density at radius 1 is 1.07 bits per heavy atom. The van der Waals surface area contributed by atoms with Crippen molar-refractivity contribution in [3.8, 4) is 11.5 Å². The molecule has 0 aliphatic heterocycles. The van der Waals surface area contributed by atoms with Gasteiger partial charge in [-0.15, -0.1) is 0 Å². The maximum atomic E-state index is 12.2. The second-order valence-electron chi connectivity index (χ2n) is 6.05. The summed E-state index contributed by atoms with van der Waals surface area (Å²) < 4.78 is 11.2. The van der Waals surface area contributed by atoms with Crippen LogP contribution in [0, 0.1) is 0 Å². The van der Waals surface area contributed by atoms with Crippen LogP contribution in [0.25, 0.3) is 6.08 Å². The minimum absolute atomic E-state index is 0.324. The Bertz CT molecular complexity index is 1020. The Balaban J connectivity index is 1.66. The van der Waals surface area contributed by atoms with E-state index >= 15 is 0 Å². The Morgan fingerprint density at radius 2 is 1.90 bits per heavy atom. The number of nitrogens with one attached hydrogen (secondary N) is 1. The van der Waals surface area contributed by atoms with Gasteiger partial charge in [0.05, 0.1) is 18.5 Å². The van der Waals surface area contributed by atoms with Gasteiger partial charge in [0.15, 0.2) is 17.8 Å². The van der Waals surface area contributed by atoms with Crippen molar-refractivity contribution in [1.29, 1.82) is 0 Å². The van der Waals surface area contributed by atoms with Crippen molar-refractivity contribution >= 4 is 24.0 Å². The van der Waals surface area contributed by atoms with Gasteiger partial charge in [-0.2, -0.15) is 0 Å². The minimum Gasteiger partial charge on any atom is -0.493 e. The summed E-state index contributed by atoms with van der Waals surface area (Å²) in [5.74, 6) is 0.795. The molecule has 0 aliphatic carbocycles. The second kappa shape index (κ2) is 9.85. The van der Waals surface area contributed by atoms with Crippen LogP contribution in [0.1, 0.15) is 21.6 Å². The number of carbonyl (C=O) groups excluding carboxylic acids is 2. The third-order valence-electron chi connectivity index (χ3n) is 4.06. The molecule has 1 heterocycles. The van der Waals surface area contributed by atoms with Crippen molar-refractivity contribution < 1.29 is 19.1 Å². The molecule has 0 fully saturated rings. The van der Waals surface area contributed by atoms with E-state index in [1.807, 2.05) is 24.3 Å². The number of aldehydes is 1. The van der Waals surface area contributed by atoms with E-state index in [0.717, 1.165) is 11.3 Å². The number of ether oxygens (including phenoxy) is 2. The van der Waals surface area contributed by atoms with Crippen LogP contribution in [0.3, 0.4) is 0 Å². The smallest absolute Gasteiger partial charge is 0.248 e. The summed E-state index contributed by atoms with van der Waals surface area (Å²) in [4.78, 5) is 27.4. The lowest BCUT2D eigenvalue weighted by atomic mass is 10.1.